The van der Waals surface area contributed by atoms with Crippen molar-refractivity contribution in [3.63, 3.8) is 0 Å². The molecule has 1 fully saturated rings. The highest BCUT2D eigenvalue weighted by atomic mass is 32.1. The molecule has 1 unspecified atom stereocenters. The van der Waals surface area contributed by atoms with E-state index in [1.54, 1.807) is 11.3 Å². The van der Waals surface area contributed by atoms with Gasteiger partial charge in [-0.1, -0.05) is 11.3 Å². The lowest BCUT2D eigenvalue weighted by atomic mass is 10.1. The minimum Gasteiger partial charge on any atom is -0.364 e. The van der Waals surface area contributed by atoms with E-state index in [0.717, 1.165) is 17.4 Å². The number of epoxide rings is 1. The van der Waals surface area contributed by atoms with Crippen molar-refractivity contribution in [3.8, 4) is 0 Å². The Kier molecular flexibility index (Phi) is 1.85. The molecule has 0 aliphatic carbocycles. The van der Waals surface area contributed by atoms with Crippen molar-refractivity contribution in [1.82, 2.24) is 4.98 Å². The first-order valence-electron chi connectivity index (χ1n) is 4.32. The van der Waals surface area contributed by atoms with Crippen LogP contribution in [0.4, 0.5) is 5.13 Å². The average Bonchev–Trinajstić information content (AvgIpc) is 2.63. The van der Waals surface area contributed by atoms with Crippen LogP contribution in [0.5, 0.6) is 0 Å². The van der Waals surface area contributed by atoms with Gasteiger partial charge in [-0.2, -0.15) is 0 Å². The van der Waals surface area contributed by atoms with Crippen LogP contribution < -0.4 is 4.90 Å². The Bertz CT molecular complexity index is 328. The number of aromatic nitrogens is 1. The fourth-order valence-corrected chi connectivity index (χ4v) is 2.38. The van der Waals surface area contributed by atoms with Gasteiger partial charge in [0.05, 0.1) is 17.2 Å². The van der Waals surface area contributed by atoms with Gasteiger partial charge in [-0.3, -0.25) is 0 Å². The van der Waals surface area contributed by atoms with Crippen LogP contribution in [-0.2, 0) is 10.3 Å². The number of ether oxygens (including phenoxy) is 1. The largest absolute Gasteiger partial charge is 0.364 e. The topological polar surface area (TPSA) is 28.7 Å². The van der Waals surface area contributed by atoms with Crippen molar-refractivity contribution in [2.75, 3.05) is 25.6 Å². The Labute approximate surface area is 82.3 Å². The zero-order chi connectivity index (χ0) is 9.64. The molecule has 3 nitrogen and oxygen atoms in total. The van der Waals surface area contributed by atoms with Crippen LogP contribution in [0.1, 0.15) is 17.5 Å². The van der Waals surface area contributed by atoms with E-state index in [0.29, 0.717) is 0 Å². The fraction of sp³-hybridized carbons (Fsp3) is 0.667. The van der Waals surface area contributed by atoms with Crippen LogP contribution in [0.3, 0.4) is 0 Å². The second kappa shape index (κ2) is 2.69. The van der Waals surface area contributed by atoms with Gasteiger partial charge in [0.25, 0.3) is 0 Å². The van der Waals surface area contributed by atoms with E-state index in [4.69, 9.17) is 4.74 Å². The number of anilines is 1. The van der Waals surface area contributed by atoms with Crippen LogP contribution in [0, 0.1) is 6.92 Å². The van der Waals surface area contributed by atoms with Crippen LogP contribution in [0.2, 0.25) is 0 Å². The van der Waals surface area contributed by atoms with E-state index in [2.05, 4.69) is 11.9 Å². The molecule has 0 aromatic carbocycles. The summed E-state index contributed by atoms with van der Waals surface area (Å²) in [7, 11) is 4.02. The number of nitrogens with zero attached hydrogens (tertiary/aromatic N) is 2. The number of hydrogen-bond acceptors (Lipinski definition) is 4. The van der Waals surface area contributed by atoms with Gasteiger partial charge in [-0.15, -0.1) is 0 Å². The van der Waals surface area contributed by atoms with Gasteiger partial charge in [0.1, 0.15) is 5.60 Å². The van der Waals surface area contributed by atoms with Gasteiger partial charge in [-0.05, 0) is 13.8 Å². The third-order valence-corrected chi connectivity index (χ3v) is 3.80. The van der Waals surface area contributed by atoms with Crippen LogP contribution >= 0.6 is 11.3 Å². The molecule has 1 aromatic rings. The van der Waals surface area contributed by atoms with E-state index in [1.807, 2.05) is 25.9 Å². The van der Waals surface area contributed by atoms with Gasteiger partial charge >= 0.3 is 0 Å². The lowest BCUT2D eigenvalue weighted by Gasteiger charge is -2.05. The molecule has 1 saturated heterocycles. The SMILES string of the molecule is Cc1nc(N(C)C)sc1C1(C)CO1. The lowest BCUT2D eigenvalue weighted by molar-refractivity contribution is 0.332. The van der Waals surface area contributed by atoms with Crippen LogP contribution in [-0.4, -0.2) is 25.7 Å². The molecule has 0 bridgehead atoms. The van der Waals surface area contributed by atoms with Crippen molar-refractivity contribution < 1.29 is 4.74 Å². The monoisotopic (exact) mass is 198 g/mol. The molecule has 1 aliphatic rings. The molecular formula is C9H14N2OS. The molecule has 0 radical (unpaired) electrons. The highest BCUT2D eigenvalue weighted by molar-refractivity contribution is 7.15. The molecule has 0 spiro atoms. The molecule has 1 atom stereocenters. The number of hydrogen-bond donors (Lipinski definition) is 0. The minimum absolute atomic E-state index is 0.0317. The first-order valence-corrected chi connectivity index (χ1v) is 5.14. The highest BCUT2D eigenvalue weighted by Crippen LogP contribution is 2.44. The second-order valence-corrected chi connectivity index (χ2v) is 4.80. The van der Waals surface area contributed by atoms with Gasteiger partial charge in [0.15, 0.2) is 5.13 Å². The Morgan fingerprint density at radius 1 is 1.54 bits per heavy atom. The maximum atomic E-state index is 5.41. The molecule has 2 heterocycles. The van der Waals surface area contributed by atoms with Crippen molar-refractivity contribution in [3.05, 3.63) is 10.6 Å². The van der Waals surface area contributed by atoms with Gasteiger partial charge in [-0.25, -0.2) is 4.98 Å². The second-order valence-electron chi connectivity index (χ2n) is 3.82. The molecule has 72 valence electrons. The van der Waals surface area contributed by atoms with Gasteiger partial charge in [0, 0.05) is 14.1 Å². The normalized spacial score (nSPS) is 26.2. The molecule has 2 rings (SSSR count). The summed E-state index contributed by atoms with van der Waals surface area (Å²) in [6.45, 7) is 5.00. The van der Waals surface area contributed by atoms with Crippen molar-refractivity contribution >= 4 is 16.5 Å². The Morgan fingerprint density at radius 3 is 2.54 bits per heavy atom. The number of rotatable bonds is 2. The summed E-state index contributed by atoms with van der Waals surface area (Å²) in [6, 6.07) is 0. The molecule has 1 aromatic heterocycles. The smallest absolute Gasteiger partial charge is 0.185 e. The molecule has 13 heavy (non-hydrogen) atoms. The molecule has 0 amide bonds. The summed E-state index contributed by atoms with van der Waals surface area (Å²) in [6.07, 6.45) is 0. The summed E-state index contributed by atoms with van der Waals surface area (Å²) >= 11 is 1.73. The van der Waals surface area contributed by atoms with Crippen LogP contribution in [0.15, 0.2) is 0 Å². The number of thiazole rings is 1. The first kappa shape index (κ1) is 8.97. The van der Waals surface area contributed by atoms with E-state index in [-0.39, 0.29) is 5.60 Å². The molecular weight excluding hydrogens is 184 g/mol. The number of aryl methyl sites for hydroxylation is 1. The lowest BCUT2D eigenvalue weighted by Crippen LogP contribution is -2.07. The average molecular weight is 198 g/mol. The summed E-state index contributed by atoms with van der Waals surface area (Å²) in [4.78, 5) is 7.79. The summed E-state index contributed by atoms with van der Waals surface area (Å²) in [5.74, 6) is 0. The third-order valence-electron chi connectivity index (χ3n) is 2.23. The van der Waals surface area contributed by atoms with E-state index in [1.165, 1.54) is 4.88 Å². The quantitative estimate of drug-likeness (QED) is 0.678. The van der Waals surface area contributed by atoms with Crippen molar-refractivity contribution in [2.45, 2.75) is 19.4 Å². The molecule has 0 saturated carbocycles. The maximum Gasteiger partial charge on any atom is 0.185 e. The molecule has 4 heteroatoms. The van der Waals surface area contributed by atoms with E-state index in [9.17, 15) is 0 Å². The first-order chi connectivity index (χ1) is 6.03. The Hall–Kier alpha value is -0.610. The predicted molar refractivity (Wildman–Crippen MR) is 54.5 cm³/mol. The Morgan fingerprint density at radius 2 is 2.15 bits per heavy atom. The molecule has 1 aliphatic heterocycles. The highest BCUT2D eigenvalue weighted by Gasteiger charge is 2.44. The van der Waals surface area contributed by atoms with Crippen molar-refractivity contribution in [1.29, 1.82) is 0 Å². The zero-order valence-corrected chi connectivity index (χ0v) is 9.23. The zero-order valence-electron chi connectivity index (χ0n) is 8.42. The maximum absolute atomic E-state index is 5.41. The molecule has 0 N–H and O–H groups in total. The van der Waals surface area contributed by atoms with E-state index >= 15 is 0 Å². The van der Waals surface area contributed by atoms with Gasteiger partial charge < -0.3 is 9.64 Å². The fourth-order valence-electron chi connectivity index (χ4n) is 1.30. The predicted octanol–water partition coefficient (Wildman–Crippen LogP) is 1.76. The summed E-state index contributed by atoms with van der Waals surface area (Å²) in [5.41, 5.74) is 1.07. The summed E-state index contributed by atoms with van der Waals surface area (Å²) < 4.78 is 5.41. The van der Waals surface area contributed by atoms with Crippen LogP contribution in [0.25, 0.3) is 0 Å². The van der Waals surface area contributed by atoms with Crippen molar-refractivity contribution in [2.24, 2.45) is 0 Å². The van der Waals surface area contributed by atoms with Gasteiger partial charge in [0.2, 0.25) is 0 Å². The van der Waals surface area contributed by atoms with E-state index < -0.39 is 0 Å². The standard InChI is InChI=1S/C9H14N2OS/c1-6-7(9(2)5-12-9)13-8(10-6)11(3)4/h5H2,1-4H3. The Balaban J connectivity index is 2.36. The summed E-state index contributed by atoms with van der Waals surface area (Å²) in [5, 5.41) is 1.06. The third kappa shape index (κ3) is 1.44. The minimum atomic E-state index is -0.0317.